The van der Waals surface area contributed by atoms with Gasteiger partial charge in [-0.25, -0.2) is 9.55 Å². The van der Waals surface area contributed by atoms with Gasteiger partial charge >= 0.3 is 5.16 Å². The minimum Gasteiger partial charge on any atom is -0.384 e. The molecule has 0 unspecified atom stereocenters. The number of aromatic nitrogens is 2. The zero-order valence-corrected chi connectivity index (χ0v) is 12.9. The van der Waals surface area contributed by atoms with Crippen LogP contribution in [0.4, 0.5) is 0 Å². The summed E-state index contributed by atoms with van der Waals surface area (Å²) in [6, 6.07) is 18.7. The number of aliphatic hydroxyl groups is 1. The standard InChI is InChI=1S/C18H16N2OS/c21-12-6-7-13-22-18-19-16-10-4-5-11-17(16)20(18)14-15-8-2-1-3-9-15/h1-5,8-11,21H,12-14H2/p+1. The van der Waals surface area contributed by atoms with Gasteiger partial charge in [0.15, 0.2) is 11.0 Å². The van der Waals surface area contributed by atoms with E-state index in [-0.39, 0.29) is 6.61 Å². The molecule has 0 aliphatic rings. The topological polar surface area (TPSA) is 39.9 Å². The molecule has 0 fully saturated rings. The molecule has 0 atom stereocenters. The van der Waals surface area contributed by atoms with Gasteiger partial charge in [0, 0.05) is 0 Å². The molecule has 0 saturated carbocycles. The predicted molar refractivity (Wildman–Crippen MR) is 89.6 cm³/mol. The molecule has 2 N–H and O–H groups in total. The minimum atomic E-state index is -0.0860. The van der Waals surface area contributed by atoms with E-state index in [1.807, 2.05) is 12.1 Å². The van der Waals surface area contributed by atoms with Crippen LogP contribution in [0.15, 0.2) is 59.8 Å². The highest BCUT2D eigenvalue weighted by atomic mass is 32.2. The Morgan fingerprint density at radius 2 is 1.77 bits per heavy atom. The zero-order valence-electron chi connectivity index (χ0n) is 12.1. The number of nitrogens with zero attached hydrogens (tertiary/aromatic N) is 1. The van der Waals surface area contributed by atoms with Gasteiger partial charge in [0.1, 0.15) is 13.2 Å². The van der Waals surface area contributed by atoms with E-state index in [9.17, 15) is 0 Å². The molecule has 3 rings (SSSR count). The van der Waals surface area contributed by atoms with E-state index in [1.54, 1.807) is 11.8 Å². The van der Waals surface area contributed by atoms with Crippen molar-refractivity contribution in [3.63, 3.8) is 0 Å². The highest BCUT2D eigenvalue weighted by molar-refractivity contribution is 7.99. The Morgan fingerprint density at radius 1 is 1.00 bits per heavy atom. The van der Waals surface area contributed by atoms with Crippen molar-refractivity contribution in [1.82, 2.24) is 4.98 Å². The Hall–Kier alpha value is -2.22. The Labute approximate surface area is 134 Å². The van der Waals surface area contributed by atoms with Gasteiger partial charge < -0.3 is 5.11 Å². The Bertz CT molecular complexity index is 815. The highest BCUT2D eigenvalue weighted by Gasteiger charge is 2.18. The van der Waals surface area contributed by atoms with Crippen LogP contribution in [0.3, 0.4) is 0 Å². The second-order valence-corrected chi connectivity index (χ2v) is 5.78. The normalized spacial score (nSPS) is 10.4. The number of para-hydroxylation sites is 2. The maximum absolute atomic E-state index is 8.73. The molecule has 2 aromatic carbocycles. The fourth-order valence-corrected chi connectivity index (χ4v) is 3.17. The largest absolute Gasteiger partial charge is 0.384 e. The average Bonchev–Trinajstić information content (AvgIpc) is 2.91. The first-order valence-corrected chi connectivity index (χ1v) is 8.11. The molecular weight excluding hydrogens is 292 g/mol. The van der Waals surface area contributed by atoms with E-state index in [0.29, 0.717) is 5.75 Å². The first kappa shape index (κ1) is 14.7. The number of nitrogens with one attached hydrogen (secondary N) is 1. The molecule has 0 radical (unpaired) electrons. The molecule has 110 valence electrons. The van der Waals surface area contributed by atoms with Crippen LogP contribution in [0.2, 0.25) is 0 Å². The first-order chi connectivity index (χ1) is 10.9. The monoisotopic (exact) mass is 309 g/mol. The van der Waals surface area contributed by atoms with Crippen LogP contribution in [0.1, 0.15) is 5.56 Å². The number of hydrogen-bond acceptors (Lipinski definition) is 2. The van der Waals surface area contributed by atoms with E-state index >= 15 is 0 Å². The number of benzene rings is 2. The molecule has 0 saturated heterocycles. The molecule has 0 spiro atoms. The van der Waals surface area contributed by atoms with Gasteiger partial charge in [-0.2, -0.15) is 0 Å². The van der Waals surface area contributed by atoms with Gasteiger partial charge in [0.05, 0.1) is 5.75 Å². The summed E-state index contributed by atoms with van der Waals surface area (Å²) in [5.74, 6) is 6.29. The molecule has 4 heteroatoms. The van der Waals surface area contributed by atoms with Crippen molar-refractivity contribution in [1.29, 1.82) is 0 Å². The fourth-order valence-electron chi connectivity index (χ4n) is 2.36. The number of fused-ring (bicyclic) bond motifs is 1. The summed E-state index contributed by atoms with van der Waals surface area (Å²) in [6.07, 6.45) is 0. The molecule has 1 heterocycles. The zero-order chi connectivity index (χ0) is 15.2. The number of H-pyrrole nitrogens is 1. The molecule has 3 aromatic rings. The lowest BCUT2D eigenvalue weighted by molar-refractivity contribution is -0.700. The van der Waals surface area contributed by atoms with Crippen LogP contribution in [0.5, 0.6) is 0 Å². The summed E-state index contributed by atoms with van der Waals surface area (Å²) in [4.78, 5) is 3.46. The quantitative estimate of drug-likeness (QED) is 0.442. The van der Waals surface area contributed by atoms with Crippen LogP contribution in [-0.2, 0) is 6.54 Å². The van der Waals surface area contributed by atoms with Crippen molar-refractivity contribution in [2.75, 3.05) is 12.4 Å². The second kappa shape index (κ2) is 7.17. The van der Waals surface area contributed by atoms with E-state index in [1.165, 1.54) is 11.1 Å². The van der Waals surface area contributed by atoms with Crippen molar-refractivity contribution in [2.24, 2.45) is 0 Å². The predicted octanol–water partition coefficient (Wildman–Crippen LogP) is 2.59. The van der Waals surface area contributed by atoms with Crippen molar-refractivity contribution in [2.45, 2.75) is 11.7 Å². The number of thioether (sulfide) groups is 1. The van der Waals surface area contributed by atoms with Crippen molar-refractivity contribution < 1.29 is 9.67 Å². The van der Waals surface area contributed by atoms with Gasteiger partial charge in [0.2, 0.25) is 0 Å². The third-order valence-electron chi connectivity index (χ3n) is 3.35. The highest BCUT2D eigenvalue weighted by Crippen LogP contribution is 2.18. The summed E-state index contributed by atoms with van der Waals surface area (Å²) in [6.45, 7) is 0.734. The number of rotatable bonds is 4. The fraction of sp³-hybridized carbons (Fsp3) is 0.167. The molecule has 1 aromatic heterocycles. The summed E-state index contributed by atoms with van der Waals surface area (Å²) >= 11 is 1.65. The van der Waals surface area contributed by atoms with Crippen molar-refractivity contribution in [3.8, 4) is 11.8 Å². The van der Waals surface area contributed by atoms with Gasteiger partial charge in [0.25, 0.3) is 0 Å². The molecular formula is C18H17N2OS+. The molecule has 0 bridgehead atoms. The molecule has 0 amide bonds. The summed E-state index contributed by atoms with van der Waals surface area (Å²) in [5, 5.41) is 9.81. The van der Waals surface area contributed by atoms with Crippen LogP contribution in [0, 0.1) is 11.8 Å². The van der Waals surface area contributed by atoms with Crippen LogP contribution < -0.4 is 4.57 Å². The lowest BCUT2D eigenvalue weighted by atomic mass is 10.2. The maximum atomic E-state index is 8.73. The third kappa shape index (κ3) is 3.33. The summed E-state index contributed by atoms with van der Waals surface area (Å²) < 4.78 is 2.27. The lowest BCUT2D eigenvalue weighted by Crippen LogP contribution is -2.35. The van der Waals surface area contributed by atoms with Crippen molar-refractivity contribution in [3.05, 3.63) is 60.2 Å². The molecule has 0 aliphatic heterocycles. The number of aliphatic hydroxyl groups excluding tert-OH is 1. The van der Waals surface area contributed by atoms with E-state index in [4.69, 9.17) is 5.11 Å². The molecule has 3 nitrogen and oxygen atoms in total. The Kier molecular flexibility index (Phi) is 4.79. The second-order valence-electron chi connectivity index (χ2n) is 4.82. The summed E-state index contributed by atoms with van der Waals surface area (Å²) in [7, 11) is 0. The average molecular weight is 309 g/mol. The van der Waals surface area contributed by atoms with Gasteiger partial charge in [-0.1, -0.05) is 54.3 Å². The Balaban J connectivity index is 1.94. The van der Waals surface area contributed by atoms with Crippen LogP contribution in [0.25, 0.3) is 11.0 Å². The SMILES string of the molecule is OCC#CCSc1[nH]c2ccccc2[n+]1Cc1ccccc1. The van der Waals surface area contributed by atoms with E-state index in [2.05, 4.69) is 63.9 Å². The molecule has 0 aliphatic carbocycles. The number of imidazole rings is 1. The summed E-state index contributed by atoms with van der Waals surface area (Å²) in [5.41, 5.74) is 3.57. The molecule has 22 heavy (non-hydrogen) atoms. The lowest BCUT2D eigenvalue weighted by Gasteiger charge is -2.01. The third-order valence-corrected chi connectivity index (χ3v) is 4.23. The van der Waals surface area contributed by atoms with Crippen molar-refractivity contribution >= 4 is 22.8 Å². The van der Waals surface area contributed by atoms with Crippen LogP contribution >= 0.6 is 11.8 Å². The van der Waals surface area contributed by atoms with Gasteiger partial charge in [-0.05, 0) is 29.5 Å². The first-order valence-electron chi connectivity index (χ1n) is 7.12. The maximum Gasteiger partial charge on any atom is 0.317 e. The number of hydrogen-bond donors (Lipinski definition) is 2. The minimum absolute atomic E-state index is 0.0860. The van der Waals surface area contributed by atoms with Crippen LogP contribution in [-0.4, -0.2) is 22.5 Å². The van der Waals surface area contributed by atoms with E-state index < -0.39 is 0 Å². The Morgan fingerprint density at radius 3 is 2.59 bits per heavy atom. The number of aromatic amines is 1. The van der Waals surface area contributed by atoms with E-state index in [0.717, 1.165) is 17.2 Å². The van der Waals surface area contributed by atoms with Gasteiger partial charge in [-0.3, -0.25) is 0 Å². The van der Waals surface area contributed by atoms with Gasteiger partial charge in [-0.15, -0.1) is 0 Å². The smallest absolute Gasteiger partial charge is 0.317 e.